The molecule has 1 N–H and O–H groups in total. The standard InChI is InChI=1S/C15H11FN2O2.C2H6/c1-9-6-12(15(19)20)13-8-17-18(14(13)7-9)11-4-2-10(16)3-5-11;1-2/h2-8H,1H3,(H,19,20);1-2H3. The maximum atomic E-state index is 13.0. The van der Waals surface area contributed by atoms with Gasteiger partial charge in [-0.05, 0) is 48.9 Å². The molecule has 0 radical (unpaired) electrons. The number of aromatic carboxylic acids is 1. The number of rotatable bonds is 2. The summed E-state index contributed by atoms with van der Waals surface area (Å²) in [4.78, 5) is 11.3. The largest absolute Gasteiger partial charge is 0.478 e. The first kappa shape index (κ1) is 15.7. The molecule has 0 aliphatic heterocycles. The van der Waals surface area contributed by atoms with Crippen molar-refractivity contribution in [2.24, 2.45) is 0 Å². The van der Waals surface area contributed by atoms with Gasteiger partial charge in [-0.15, -0.1) is 0 Å². The first-order chi connectivity index (χ1) is 10.6. The van der Waals surface area contributed by atoms with Gasteiger partial charge in [0.25, 0.3) is 0 Å². The molecular formula is C17H17FN2O2. The van der Waals surface area contributed by atoms with Crippen LogP contribution in [-0.2, 0) is 0 Å². The Morgan fingerprint density at radius 1 is 1.18 bits per heavy atom. The fourth-order valence-electron chi connectivity index (χ4n) is 2.23. The van der Waals surface area contributed by atoms with Gasteiger partial charge >= 0.3 is 5.97 Å². The minimum absolute atomic E-state index is 0.216. The van der Waals surface area contributed by atoms with E-state index in [-0.39, 0.29) is 11.4 Å². The van der Waals surface area contributed by atoms with E-state index in [0.29, 0.717) is 16.6 Å². The van der Waals surface area contributed by atoms with Crippen LogP contribution >= 0.6 is 0 Å². The van der Waals surface area contributed by atoms with Crippen molar-refractivity contribution in [2.45, 2.75) is 20.8 Å². The van der Waals surface area contributed by atoms with Crippen molar-refractivity contribution in [1.29, 1.82) is 0 Å². The summed E-state index contributed by atoms with van der Waals surface area (Å²) in [6.45, 7) is 5.83. The van der Waals surface area contributed by atoms with Crippen molar-refractivity contribution >= 4 is 16.9 Å². The highest BCUT2D eigenvalue weighted by molar-refractivity contribution is 6.03. The molecule has 0 atom stereocenters. The molecule has 0 saturated heterocycles. The van der Waals surface area contributed by atoms with E-state index in [4.69, 9.17) is 0 Å². The van der Waals surface area contributed by atoms with Crippen LogP contribution in [0.15, 0.2) is 42.6 Å². The lowest BCUT2D eigenvalue weighted by Crippen LogP contribution is -2.00. The SMILES string of the molecule is CC.Cc1cc(C(=O)O)c2cnn(-c3ccc(F)cc3)c2c1. The maximum absolute atomic E-state index is 13.0. The predicted molar refractivity (Wildman–Crippen MR) is 84.1 cm³/mol. The van der Waals surface area contributed by atoms with Gasteiger partial charge < -0.3 is 5.11 Å². The molecule has 1 aromatic heterocycles. The lowest BCUT2D eigenvalue weighted by atomic mass is 10.1. The van der Waals surface area contributed by atoms with Crippen LogP contribution in [0.5, 0.6) is 0 Å². The molecule has 22 heavy (non-hydrogen) atoms. The number of hydrogen-bond acceptors (Lipinski definition) is 2. The van der Waals surface area contributed by atoms with Crippen molar-refractivity contribution in [1.82, 2.24) is 9.78 Å². The van der Waals surface area contributed by atoms with Crippen LogP contribution in [0.25, 0.3) is 16.6 Å². The molecule has 0 fully saturated rings. The van der Waals surface area contributed by atoms with E-state index in [1.807, 2.05) is 26.8 Å². The minimum atomic E-state index is -0.989. The van der Waals surface area contributed by atoms with Crippen LogP contribution in [-0.4, -0.2) is 20.9 Å². The Morgan fingerprint density at radius 3 is 2.41 bits per heavy atom. The van der Waals surface area contributed by atoms with Crippen molar-refractivity contribution in [3.63, 3.8) is 0 Å². The van der Waals surface area contributed by atoms with Crippen LogP contribution in [0.3, 0.4) is 0 Å². The molecule has 5 heteroatoms. The smallest absolute Gasteiger partial charge is 0.336 e. The summed E-state index contributed by atoms with van der Waals surface area (Å²) >= 11 is 0. The number of benzene rings is 2. The molecule has 114 valence electrons. The molecule has 0 spiro atoms. The van der Waals surface area contributed by atoms with Crippen LogP contribution < -0.4 is 0 Å². The Kier molecular flexibility index (Phi) is 4.56. The molecule has 0 amide bonds. The quantitative estimate of drug-likeness (QED) is 0.771. The van der Waals surface area contributed by atoms with E-state index >= 15 is 0 Å². The minimum Gasteiger partial charge on any atom is -0.478 e. The molecule has 0 saturated carbocycles. The highest BCUT2D eigenvalue weighted by Gasteiger charge is 2.14. The summed E-state index contributed by atoms with van der Waals surface area (Å²) in [5, 5.41) is 14.0. The van der Waals surface area contributed by atoms with Crippen LogP contribution in [0, 0.1) is 12.7 Å². The van der Waals surface area contributed by atoms with Gasteiger partial charge in [-0.25, -0.2) is 13.9 Å². The Hall–Kier alpha value is -2.69. The van der Waals surface area contributed by atoms with Gasteiger partial charge in [0.15, 0.2) is 0 Å². The summed E-state index contributed by atoms with van der Waals surface area (Å²) in [7, 11) is 0. The number of aryl methyl sites for hydroxylation is 1. The van der Waals surface area contributed by atoms with Crippen LogP contribution in [0.4, 0.5) is 4.39 Å². The molecule has 0 aliphatic rings. The second-order valence-electron chi connectivity index (χ2n) is 4.58. The molecule has 3 aromatic rings. The number of carbonyl (C=O) groups is 1. The number of halogens is 1. The first-order valence-electron chi connectivity index (χ1n) is 7.04. The number of aromatic nitrogens is 2. The monoisotopic (exact) mass is 300 g/mol. The second kappa shape index (κ2) is 6.39. The second-order valence-corrected chi connectivity index (χ2v) is 4.58. The number of nitrogens with zero attached hydrogens (tertiary/aromatic N) is 2. The van der Waals surface area contributed by atoms with Crippen LogP contribution in [0.1, 0.15) is 29.8 Å². The molecular weight excluding hydrogens is 283 g/mol. The van der Waals surface area contributed by atoms with Gasteiger partial charge in [-0.3, -0.25) is 0 Å². The van der Waals surface area contributed by atoms with Gasteiger partial charge in [0.2, 0.25) is 0 Å². The van der Waals surface area contributed by atoms with Crippen molar-refractivity contribution in [3.05, 3.63) is 59.5 Å². The third-order valence-corrected chi connectivity index (χ3v) is 3.13. The Labute approximate surface area is 127 Å². The molecule has 2 aromatic carbocycles. The normalized spacial score (nSPS) is 10.2. The van der Waals surface area contributed by atoms with E-state index in [1.165, 1.54) is 18.3 Å². The van der Waals surface area contributed by atoms with Gasteiger partial charge in [0, 0.05) is 5.39 Å². The fraction of sp³-hybridized carbons (Fsp3) is 0.176. The van der Waals surface area contributed by atoms with E-state index in [9.17, 15) is 14.3 Å². The third-order valence-electron chi connectivity index (χ3n) is 3.13. The molecule has 1 heterocycles. The number of fused-ring (bicyclic) bond motifs is 1. The highest BCUT2D eigenvalue weighted by Crippen LogP contribution is 2.23. The average Bonchev–Trinajstić information content (AvgIpc) is 2.92. The summed E-state index contributed by atoms with van der Waals surface area (Å²) in [6, 6.07) is 9.36. The topological polar surface area (TPSA) is 55.1 Å². The number of carboxylic acid groups (broad SMARTS) is 1. The highest BCUT2D eigenvalue weighted by atomic mass is 19.1. The molecule has 3 rings (SSSR count). The number of carboxylic acids is 1. The summed E-state index contributed by atoms with van der Waals surface area (Å²) in [5.74, 6) is -1.31. The Balaban J connectivity index is 0.000000847. The van der Waals surface area contributed by atoms with Gasteiger partial charge in [-0.1, -0.05) is 13.8 Å². The average molecular weight is 300 g/mol. The summed E-state index contributed by atoms with van der Waals surface area (Å²) in [5.41, 5.74) is 2.42. The van der Waals surface area contributed by atoms with E-state index < -0.39 is 5.97 Å². The summed E-state index contributed by atoms with van der Waals surface area (Å²) in [6.07, 6.45) is 1.52. The van der Waals surface area contributed by atoms with Crippen molar-refractivity contribution in [3.8, 4) is 5.69 Å². The molecule has 0 unspecified atom stereocenters. The van der Waals surface area contributed by atoms with E-state index in [2.05, 4.69) is 5.10 Å². The zero-order valence-electron chi connectivity index (χ0n) is 12.7. The van der Waals surface area contributed by atoms with Gasteiger partial charge in [0.1, 0.15) is 5.82 Å². The lowest BCUT2D eigenvalue weighted by Gasteiger charge is -2.05. The van der Waals surface area contributed by atoms with E-state index in [1.54, 1.807) is 22.9 Å². The zero-order valence-corrected chi connectivity index (χ0v) is 12.7. The van der Waals surface area contributed by atoms with Crippen LogP contribution in [0.2, 0.25) is 0 Å². The van der Waals surface area contributed by atoms with E-state index in [0.717, 1.165) is 5.56 Å². The Bertz CT molecular complexity index is 807. The van der Waals surface area contributed by atoms with Crippen molar-refractivity contribution in [2.75, 3.05) is 0 Å². The van der Waals surface area contributed by atoms with Gasteiger partial charge in [0.05, 0.1) is 23.0 Å². The molecule has 0 bridgehead atoms. The maximum Gasteiger partial charge on any atom is 0.336 e. The third kappa shape index (κ3) is 2.83. The first-order valence-corrected chi connectivity index (χ1v) is 7.04. The van der Waals surface area contributed by atoms with Crippen molar-refractivity contribution < 1.29 is 14.3 Å². The predicted octanol–water partition coefficient (Wildman–Crippen LogP) is 4.20. The number of hydrogen-bond donors (Lipinski definition) is 1. The summed E-state index contributed by atoms with van der Waals surface area (Å²) < 4.78 is 14.6. The molecule has 4 nitrogen and oxygen atoms in total. The fourth-order valence-corrected chi connectivity index (χ4v) is 2.23. The van der Waals surface area contributed by atoms with Gasteiger partial charge in [-0.2, -0.15) is 5.10 Å². The molecule has 0 aliphatic carbocycles. The Morgan fingerprint density at radius 2 is 1.82 bits per heavy atom. The zero-order chi connectivity index (χ0) is 16.3. The lowest BCUT2D eigenvalue weighted by molar-refractivity contribution is 0.0699.